The number of carbonyl (C=O) groups is 3. The molecule has 4 rings (SSSR count). The number of carbonyl (C=O) groups excluding carboxylic acids is 2. The molecule has 2 N–H and O–H groups in total. The lowest BCUT2D eigenvalue weighted by Crippen LogP contribution is -2.28. The quantitative estimate of drug-likeness (QED) is 0.247. The Kier molecular flexibility index (Phi) is 7.64. The standard InChI is InChI=1S/C28H21BrN2O6/c1-37-28(36)26-25(18-5-3-2-4-6-18)22-15-19(29)9-12-21(22)27(35)31(26)16-17-7-10-20(11-8-17)30-23(32)13-14-24(33)34/h2-15H,16H2,1H3,(H,30,32)(H,33,34). The fourth-order valence-corrected chi connectivity index (χ4v) is 4.34. The second kappa shape index (κ2) is 11.0. The number of anilines is 1. The molecule has 0 spiro atoms. The summed E-state index contributed by atoms with van der Waals surface area (Å²) in [5.74, 6) is -2.46. The molecule has 0 aliphatic heterocycles. The van der Waals surface area contributed by atoms with Crippen LogP contribution in [0.5, 0.6) is 0 Å². The van der Waals surface area contributed by atoms with Crippen LogP contribution < -0.4 is 10.9 Å². The van der Waals surface area contributed by atoms with E-state index in [4.69, 9.17) is 9.84 Å². The molecule has 37 heavy (non-hydrogen) atoms. The molecule has 8 nitrogen and oxygen atoms in total. The summed E-state index contributed by atoms with van der Waals surface area (Å²) in [5.41, 5.74) is 2.25. The Hall–Kier alpha value is -4.50. The second-order valence-corrected chi connectivity index (χ2v) is 8.94. The monoisotopic (exact) mass is 560 g/mol. The molecule has 0 radical (unpaired) electrons. The summed E-state index contributed by atoms with van der Waals surface area (Å²) in [5, 5.41) is 12.3. The average molecular weight is 561 g/mol. The Morgan fingerprint density at radius 1 is 0.973 bits per heavy atom. The van der Waals surface area contributed by atoms with Gasteiger partial charge in [0.2, 0.25) is 5.91 Å². The number of carboxylic acid groups (broad SMARTS) is 1. The van der Waals surface area contributed by atoms with E-state index in [9.17, 15) is 19.2 Å². The number of carboxylic acids is 1. The third-order valence-electron chi connectivity index (χ3n) is 5.61. The highest BCUT2D eigenvalue weighted by atomic mass is 79.9. The van der Waals surface area contributed by atoms with Crippen molar-refractivity contribution in [3.63, 3.8) is 0 Å². The van der Waals surface area contributed by atoms with E-state index in [2.05, 4.69) is 21.2 Å². The van der Waals surface area contributed by atoms with Gasteiger partial charge in [-0.05, 0) is 46.8 Å². The fraction of sp³-hybridized carbons (Fsp3) is 0.0714. The first-order chi connectivity index (χ1) is 17.8. The molecule has 0 aliphatic carbocycles. The van der Waals surface area contributed by atoms with Crippen LogP contribution in [0, 0.1) is 0 Å². The van der Waals surface area contributed by atoms with Crippen LogP contribution in [0.3, 0.4) is 0 Å². The predicted octanol–water partition coefficient (Wildman–Crippen LogP) is 4.85. The molecule has 0 aliphatic rings. The summed E-state index contributed by atoms with van der Waals surface area (Å²) in [6.07, 6.45) is 1.66. The van der Waals surface area contributed by atoms with Crippen LogP contribution in [-0.2, 0) is 20.9 Å². The number of hydrogen-bond donors (Lipinski definition) is 2. The number of aliphatic carboxylic acids is 1. The zero-order valence-corrected chi connectivity index (χ0v) is 21.2. The van der Waals surface area contributed by atoms with Gasteiger partial charge in [0, 0.05) is 33.3 Å². The molecule has 0 unspecified atom stereocenters. The maximum Gasteiger partial charge on any atom is 0.355 e. The van der Waals surface area contributed by atoms with Crippen molar-refractivity contribution in [2.24, 2.45) is 0 Å². The lowest BCUT2D eigenvalue weighted by molar-refractivity contribution is -0.131. The number of aromatic nitrogens is 1. The average Bonchev–Trinajstić information content (AvgIpc) is 2.89. The van der Waals surface area contributed by atoms with Gasteiger partial charge in [0.1, 0.15) is 5.69 Å². The van der Waals surface area contributed by atoms with E-state index in [-0.39, 0.29) is 17.8 Å². The third kappa shape index (κ3) is 5.68. The van der Waals surface area contributed by atoms with Gasteiger partial charge in [-0.2, -0.15) is 0 Å². The highest BCUT2D eigenvalue weighted by Crippen LogP contribution is 2.33. The molecule has 0 fully saturated rings. The molecule has 0 saturated carbocycles. The minimum absolute atomic E-state index is 0.0717. The van der Waals surface area contributed by atoms with Crippen LogP contribution in [-0.4, -0.2) is 34.6 Å². The van der Waals surface area contributed by atoms with Crippen molar-refractivity contribution in [3.8, 4) is 11.1 Å². The predicted molar refractivity (Wildman–Crippen MR) is 144 cm³/mol. The van der Waals surface area contributed by atoms with E-state index in [0.29, 0.717) is 27.6 Å². The summed E-state index contributed by atoms with van der Waals surface area (Å²) in [7, 11) is 1.27. The topological polar surface area (TPSA) is 115 Å². The Morgan fingerprint density at radius 3 is 2.32 bits per heavy atom. The number of hydrogen-bond acceptors (Lipinski definition) is 5. The van der Waals surface area contributed by atoms with Crippen molar-refractivity contribution in [1.29, 1.82) is 0 Å². The van der Waals surface area contributed by atoms with Gasteiger partial charge in [-0.1, -0.05) is 58.4 Å². The molecule has 0 bridgehead atoms. The summed E-state index contributed by atoms with van der Waals surface area (Å²) >= 11 is 3.47. The summed E-state index contributed by atoms with van der Waals surface area (Å²) < 4.78 is 7.27. The van der Waals surface area contributed by atoms with Crippen LogP contribution in [0.2, 0.25) is 0 Å². The van der Waals surface area contributed by atoms with E-state index in [1.54, 1.807) is 36.4 Å². The first-order valence-corrected chi connectivity index (χ1v) is 11.9. The molecular weight excluding hydrogens is 540 g/mol. The van der Waals surface area contributed by atoms with Crippen molar-refractivity contribution in [2.75, 3.05) is 12.4 Å². The Morgan fingerprint density at radius 2 is 1.68 bits per heavy atom. The molecule has 4 aromatic rings. The maximum absolute atomic E-state index is 13.6. The summed E-state index contributed by atoms with van der Waals surface area (Å²) in [6, 6.07) is 21.3. The van der Waals surface area contributed by atoms with Gasteiger partial charge in [-0.25, -0.2) is 9.59 Å². The van der Waals surface area contributed by atoms with Gasteiger partial charge >= 0.3 is 11.9 Å². The Balaban J connectivity index is 1.82. The van der Waals surface area contributed by atoms with Crippen LogP contribution in [0.15, 0.2) is 94.2 Å². The van der Waals surface area contributed by atoms with Crippen LogP contribution in [0.25, 0.3) is 21.9 Å². The van der Waals surface area contributed by atoms with Crippen LogP contribution >= 0.6 is 15.9 Å². The number of nitrogens with one attached hydrogen (secondary N) is 1. The number of pyridine rings is 1. The largest absolute Gasteiger partial charge is 0.478 e. The fourth-order valence-electron chi connectivity index (χ4n) is 3.98. The van der Waals surface area contributed by atoms with Crippen molar-refractivity contribution in [3.05, 3.63) is 111 Å². The second-order valence-electron chi connectivity index (χ2n) is 8.02. The van der Waals surface area contributed by atoms with Gasteiger partial charge in [-0.15, -0.1) is 0 Å². The first kappa shape index (κ1) is 25.6. The first-order valence-electron chi connectivity index (χ1n) is 11.1. The number of halogens is 1. The van der Waals surface area contributed by atoms with Crippen molar-refractivity contribution in [2.45, 2.75) is 6.54 Å². The Labute approximate surface area is 219 Å². The van der Waals surface area contributed by atoms with E-state index in [0.717, 1.165) is 22.2 Å². The number of ether oxygens (including phenoxy) is 1. The normalized spacial score (nSPS) is 11.0. The Bertz CT molecular complexity index is 1590. The summed E-state index contributed by atoms with van der Waals surface area (Å²) in [4.78, 5) is 49.2. The van der Waals surface area contributed by atoms with E-state index < -0.39 is 17.8 Å². The van der Waals surface area contributed by atoms with Crippen molar-refractivity contribution >= 4 is 50.2 Å². The van der Waals surface area contributed by atoms with Crippen LogP contribution in [0.4, 0.5) is 5.69 Å². The molecule has 1 amide bonds. The molecule has 1 heterocycles. The molecule has 1 aromatic heterocycles. The number of methoxy groups -OCH3 is 1. The zero-order valence-electron chi connectivity index (χ0n) is 19.6. The number of fused-ring (bicyclic) bond motifs is 1. The van der Waals surface area contributed by atoms with Gasteiger partial charge in [0.15, 0.2) is 0 Å². The molecular formula is C28H21BrN2O6. The number of rotatable bonds is 7. The smallest absolute Gasteiger partial charge is 0.355 e. The third-order valence-corrected chi connectivity index (χ3v) is 6.11. The van der Waals surface area contributed by atoms with Crippen molar-refractivity contribution < 1.29 is 24.2 Å². The maximum atomic E-state index is 13.6. The zero-order chi connectivity index (χ0) is 26.5. The highest BCUT2D eigenvalue weighted by molar-refractivity contribution is 9.10. The lowest BCUT2D eigenvalue weighted by atomic mass is 9.96. The van der Waals surface area contributed by atoms with Gasteiger partial charge in [-0.3, -0.25) is 14.2 Å². The molecule has 0 atom stereocenters. The minimum Gasteiger partial charge on any atom is -0.478 e. The number of esters is 1. The number of benzene rings is 3. The van der Waals surface area contributed by atoms with Crippen molar-refractivity contribution in [1.82, 2.24) is 4.57 Å². The molecule has 0 saturated heterocycles. The van der Waals surface area contributed by atoms with E-state index in [1.165, 1.54) is 11.7 Å². The molecule has 3 aromatic carbocycles. The van der Waals surface area contributed by atoms with E-state index in [1.807, 2.05) is 36.4 Å². The van der Waals surface area contributed by atoms with E-state index >= 15 is 0 Å². The van der Waals surface area contributed by atoms with Gasteiger partial charge in [0.25, 0.3) is 5.56 Å². The number of amides is 1. The summed E-state index contributed by atoms with van der Waals surface area (Å²) in [6.45, 7) is 0.0717. The SMILES string of the molecule is COC(=O)c1c(-c2ccccc2)c2cc(Br)ccc2c(=O)n1Cc1ccc(NC(=O)C=CC(=O)O)cc1. The van der Waals surface area contributed by atoms with Gasteiger partial charge in [0.05, 0.1) is 13.7 Å². The number of nitrogens with zero attached hydrogens (tertiary/aromatic N) is 1. The lowest BCUT2D eigenvalue weighted by Gasteiger charge is -2.19. The van der Waals surface area contributed by atoms with Gasteiger partial charge < -0.3 is 15.2 Å². The minimum atomic E-state index is -1.23. The highest BCUT2D eigenvalue weighted by Gasteiger charge is 2.24. The van der Waals surface area contributed by atoms with Crippen LogP contribution in [0.1, 0.15) is 16.1 Å². The molecule has 9 heteroatoms. The molecule has 186 valence electrons.